The predicted molar refractivity (Wildman–Crippen MR) is 120 cm³/mol. The van der Waals surface area contributed by atoms with Gasteiger partial charge in [0.15, 0.2) is 0 Å². The molecular formula is C23H26BFN2O6. The van der Waals surface area contributed by atoms with Crippen molar-refractivity contribution in [2.45, 2.75) is 45.5 Å². The molecule has 10 heteroatoms. The van der Waals surface area contributed by atoms with E-state index in [2.05, 4.69) is 10.3 Å². The first kappa shape index (κ1) is 24.4. The van der Waals surface area contributed by atoms with Crippen molar-refractivity contribution in [1.29, 1.82) is 0 Å². The lowest BCUT2D eigenvalue weighted by atomic mass is 9.77. The molecule has 1 amide bonds. The second-order valence-corrected chi connectivity index (χ2v) is 8.63. The van der Waals surface area contributed by atoms with Gasteiger partial charge in [0.25, 0.3) is 0 Å². The van der Waals surface area contributed by atoms with Gasteiger partial charge in [-0.25, -0.2) is 14.6 Å². The molecule has 1 fully saturated rings. The highest BCUT2D eigenvalue weighted by atomic mass is 19.1. The van der Waals surface area contributed by atoms with Crippen molar-refractivity contribution in [2.75, 3.05) is 6.54 Å². The minimum Gasteiger partial charge on any atom is -0.478 e. The van der Waals surface area contributed by atoms with Crippen molar-refractivity contribution in [1.82, 2.24) is 10.3 Å². The number of carboxylic acid groups (broad SMARTS) is 1. The molecule has 2 aromatic rings. The molecule has 1 saturated heterocycles. The monoisotopic (exact) mass is 456 g/mol. The number of alkyl carbamates (subject to hydrolysis) is 1. The van der Waals surface area contributed by atoms with Crippen LogP contribution in [0.4, 0.5) is 9.18 Å². The van der Waals surface area contributed by atoms with Crippen LogP contribution >= 0.6 is 0 Å². The Morgan fingerprint density at radius 2 is 1.82 bits per heavy atom. The van der Waals surface area contributed by atoms with Crippen LogP contribution in [-0.4, -0.2) is 47.0 Å². The lowest BCUT2D eigenvalue weighted by molar-refractivity contribution is 0.00578. The van der Waals surface area contributed by atoms with Crippen molar-refractivity contribution >= 4 is 25.3 Å². The van der Waals surface area contributed by atoms with Gasteiger partial charge in [0.05, 0.1) is 11.2 Å². The van der Waals surface area contributed by atoms with Crippen LogP contribution in [0.15, 0.2) is 48.1 Å². The largest absolute Gasteiger partial charge is 0.492 e. The molecular weight excluding hydrogens is 430 g/mol. The highest BCUT2D eigenvalue weighted by molar-refractivity contribution is 6.56. The summed E-state index contributed by atoms with van der Waals surface area (Å²) in [4.78, 5) is 27.0. The van der Waals surface area contributed by atoms with Crippen molar-refractivity contribution in [2.24, 2.45) is 0 Å². The molecule has 8 nitrogen and oxygen atoms in total. The summed E-state index contributed by atoms with van der Waals surface area (Å²) in [5.41, 5.74) is -0.205. The predicted octanol–water partition coefficient (Wildman–Crippen LogP) is 3.86. The average molecular weight is 456 g/mol. The summed E-state index contributed by atoms with van der Waals surface area (Å²) < 4.78 is 31.1. The number of rotatable bonds is 7. The van der Waals surface area contributed by atoms with E-state index in [9.17, 15) is 19.1 Å². The number of amides is 1. The van der Waals surface area contributed by atoms with E-state index in [0.717, 1.165) is 11.6 Å². The summed E-state index contributed by atoms with van der Waals surface area (Å²) in [6.45, 7) is 7.63. The van der Waals surface area contributed by atoms with Gasteiger partial charge < -0.3 is 24.5 Å². The standard InChI is InChI=1S/C23H26BFN2O6/c1-22(2)23(3,4)33-24(32-22)17(10-16-11-18(20(28)29)19(25)26-12-16)13-27-21(30)31-14-15-8-6-5-7-9-15/h5-12H,13-14H2,1-4H3,(H,27,30)(H,28,29). The molecule has 0 radical (unpaired) electrons. The Balaban J connectivity index is 1.79. The number of carboxylic acids is 1. The van der Waals surface area contributed by atoms with Crippen molar-refractivity contribution in [3.8, 4) is 0 Å². The Morgan fingerprint density at radius 1 is 1.18 bits per heavy atom. The number of nitrogens with one attached hydrogen (secondary N) is 1. The molecule has 0 atom stereocenters. The van der Waals surface area contributed by atoms with Crippen LogP contribution in [-0.2, 0) is 20.7 Å². The third-order valence-electron chi connectivity index (χ3n) is 5.65. The number of pyridine rings is 1. The molecule has 33 heavy (non-hydrogen) atoms. The maximum absolute atomic E-state index is 13.7. The molecule has 3 rings (SSSR count). The van der Waals surface area contributed by atoms with E-state index in [0.29, 0.717) is 11.0 Å². The lowest BCUT2D eigenvalue weighted by Gasteiger charge is -2.32. The van der Waals surface area contributed by atoms with Crippen molar-refractivity contribution in [3.63, 3.8) is 0 Å². The zero-order chi connectivity index (χ0) is 24.2. The second-order valence-electron chi connectivity index (χ2n) is 8.63. The maximum atomic E-state index is 13.7. The van der Waals surface area contributed by atoms with Crippen LogP contribution in [0.25, 0.3) is 6.08 Å². The van der Waals surface area contributed by atoms with Gasteiger partial charge in [-0.05, 0) is 50.4 Å². The van der Waals surface area contributed by atoms with Gasteiger partial charge in [0.1, 0.15) is 12.2 Å². The number of hydrogen-bond acceptors (Lipinski definition) is 6. The number of aromatic carboxylic acids is 1. The van der Waals surface area contributed by atoms with Gasteiger partial charge in [-0.15, -0.1) is 0 Å². The molecule has 0 spiro atoms. The second kappa shape index (κ2) is 9.72. The number of benzene rings is 1. The highest BCUT2D eigenvalue weighted by Crippen LogP contribution is 2.38. The number of carbonyl (C=O) groups excluding carboxylic acids is 1. The number of hydrogen-bond donors (Lipinski definition) is 2. The summed E-state index contributed by atoms with van der Waals surface area (Å²) in [5, 5.41) is 11.8. The minimum atomic E-state index is -1.44. The Morgan fingerprint density at radius 3 is 2.42 bits per heavy atom. The first-order chi connectivity index (χ1) is 15.5. The fourth-order valence-electron chi connectivity index (χ4n) is 3.05. The van der Waals surface area contributed by atoms with Crippen LogP contribution in [0.2, 0.25) is 0 Å². The third kappa shape index (κ3) is 5.97. The molecule has 1 aliphatic heterocycles. The summed E-state index contributed by atoms with van der Waals surface area (Å²) >= 11 is 0. The molecule has 2 heterocycles. The topological polar surface area (TPSA) is 107 Å². The SMILES string of the molecule is CC1(C)OB(C(=Cc2cnc(F)c(C(=O)O)c2)CNC(=O)OCc2ccccc2)OC1(C)C. The van der Waals surface area contributed by atoms with E-state index in [1.807, 2.05) is 58.0 Å². The normalized spacial score (nSPS) is 17.0. The first-order valence-corrected chi connectivity index (χ1v) is 10.4. The Bertz CT molecular complexity index is 1040. The first-order valence-electron chi connectivity index (χ1n) is 10.4. The van der Waals surface area contributed by atoms with Gasteiger partial charge in [0.2, 0.25) is 5.95 Å². The molecule has 1 aromatic carbocycles. The van der Waals surface area contributed by atoms with E-state index in [1.165, 1.54) is 6.20 Å². The molecule has 2 N–H and O–H groups in total. The molecule has 0 bridgehead atoms. The van der Waals surface area contributed by atoms with Crippen LogP contribution in [0.5, 0.6) is 0 Å². The van der Waals surface area contributed by atoms with Crippen LogP contribution in [0, 0.1) is 5.95 Å². The quantitative estimate of drug-likeness (QED) is 0.481. The fourth-order valence-corrected chi connectivity index (χ4v) is 3.05. The number of nitrogens with zero attached hydrogens (tertiary/aromatic N) is 1. The van der Waals surface area contributed by atoms with Gasteiger partial charge in [0, 0.05) is 12.7 Å². The molecule has 1 aromatic heterocycles. The molecule has 174 valence electrons. The van der Waals surface area contributed by atoms with Crippen molar-refractivity contribution < 1.29 is 33.1 Å². The Hall–Kier alpha value is -3.24. The van der Waals surface area contributed by atoms with E-state index < -0.39 is 41.9 Å². The van der Waals surface area contributed by atoms with Crippen LogP contribution in [0.3, 0.4) is 0 Å². The zero-order valence-corrected chi connectivity index (χ0v) is 18.9. The zero-order valence-electron chi connectivity index (χ0n) is 18.9. The number of carbonyl (C=O) groups is 2. The maximum Gasteiger partial charge on any atom is 0.492 e. The van der Waals surface area contributed by atoms with E-state index in [4.69, 9.17) is 14.0 Å². The number of halogens is 1. The van der Waals surface area contributed by atoms with Gasteiger partial charge in [-0.2, -0.15) is 4.39 Å². The Labute approximate surface area is 191 Å². The lowest BCUT2D eigenvalue weighted by Crippen LogP contribution is -2.41. The van der Waals surface area contributed by atoms with Gasteiger partial charge in [-0.3, -0.25) is 0 Å². The summed E-state index contributed by atoms with van der Waals surface area (Å²) in [7, 11) is -0.831. The number of aromatic nitrogens is 1. The van der Waals surface area contributed by atoms with E-state index in [-0.39, 0.29) is 13.2 Å². The summed E-state index contributed by atoms with van der Waals surface area (Å²) in [6, 6.07) is 10.4. The van der Waals surface area contributed by atoms with Crippen molar-refractivity contribution in [3.05, 3.63) is 70.7 Å². The molecule has 0 aliphatic carbocycles. The van der Waals surface area contributed by atoms with Crippen LogP contribution < -0.4 is 5.32 Å². The number of ether oxygens (including phenoxy) is 1. The van der Waals surface area contributed by atoms with Crippen LogP contribution in [0.1, 0.15) is 49.2 Å². The average Bonchev–Trinajstić information content (AvgIpc) is 2.98. The van der Waals surface area contributed by atoms with Gasteiger partial charge >= 0.3 is 19.2 Å². The Kier molecular flexibility index (Phi) is 7.19. The summed E-state index contributed by atoms with van der Waals surface area (Å²) in [6.07, 6.45) is 2.10. The van der Waals surface area contributed by atoms with E-state index >= 15 is 0 Å². The molecule has 0 unspecified atom stereocenters. The third-order valence-corrected chi connectivity index (χ3v) is 5.65. The molecule has 1 aliphatic rings. The highest BCUT2D eigenvalue weighted by Gasteiger charge is 2.52. The minimum absolute atomic E-state index is 0.00969. The summed E-state index contributed by atoms with van der Waals surface area (Å²) in [5.74, 6) is -2.52. The van der Waals surface area contributed by atoms with E-state index in [1.54, 1.807) is 6.08 Å². The fraction of sp³-hybridized carbons (Fsp3) is 0.348. The molecule has 0 saturated carbocycles. The smallest absolute Gasteiger partial charge is 0.478 e. The van der Waals surface area contributed by atoms with Gasteiger partial charge in [-0.1, -0.05) is 36.4 Å².